The van der Waals surface area contributed by atoms with Crippen LogP contribution < -0.4 is 15.0 Å². The van der Waals surface area contributed by atoms with Crippen molar-refractivity contribution in [2.75, 3.05) is 23.9 Å². The molecule has 0 saturated carbocycles. The Morgan fingerprint density at radius 3 is 2.39 bits per heavy atom. The molecule has 2 aromatic carbocycles. The fourth-order valence-corrected chi connectivity index (χ4v) is 3.97. The third-order valence-corrected chi connectivity index (χ3v) is 5.61. The fourth-order valence-electron chi connectivity index (χ4n) is 3.97. The van der Waals surface area contributed by atoms with Crippen molar-refractivity contribution in [2.45, 2.75) is 20.3 Å². The van der Waals surface area contributed by atoms with Gasteiger partial charge in [-0.25, -0.2) is 4.39 Å². The number of nitrogens with one attached hydrogen (secondary N) is 1. The molecular formula is C24H24FN3O3. The molecule has 1 aromatic heterocycles. The second-order valence-corrected chi connectivity index (χ2v) is 7.71. The van der Waals surface area contributed by atoms with Crippen LogP contribution in [0.25, 0.3) is 5.69 Å². The summed E-state index contributed by atoms with van der Waals surface area (Å²) < 4.78 is 20.6. The summed E-state index contributed by atoms with van der Waals surface area (Å²) in [5.74, 6) is -0.573. The normalized spacial score (nSPS) is 15.9. The standard InChI is InChI=1S/C24H24FN3O3/c1-15-4-5-16(2)28(15)22-13-20(31-3)10-11-21(22)26-24(30)17-12-23(29)27(14-17)19-8-6-18(25)7-9-19/h4-11,13,17H,12,14H2,1-3H3,(H,26,30)/t17-/m1/s1. The van der Waals surface area contributed by atoms with Crippen LogP contribution in [0.15, 0.2) is 54.6 Å². The van der Waals surface area contributed by atoms with Crippen molar-refractivity contribution in [3.05, 3.63) is 71.8 Å². The number of ether oxygens (including phenoxy) is 1. The number of aryl methyl sites for hydroxylation is 2. The zero-order valence-electron chi connectivity index (χ0n) is 17.7. The van der Waals surface area contributed by atoms with Gasteiger partial charge < -0.3 is 19.5 Å². The first-order valence-corrected chi connectivity index (χ1v) is 10.1. The molecular weight excluding hydrogens is 397 g/mol. The van der Waals surface area contributed by atoms with Crippen LogP contribution in [0.2, 0.25) is 0 Å². The van der Waals surface area contributed by atoms with Crippen molar-refractivity contribution >= 4 is 23.2 Å². The number of carbonyl (C=O) groups excluding carboxylic acids is 2. The van der Waals surface area contributed by atoms with Gasteiger partial charge in [0.2, 0.25) is 11.8 Å². The Balaban J connectivity index is 1.58. The number of amides is 2. The van der Waals surface area contributed by atoms with Crippen LogP contribution >= 0.6 is 0 Å². The minimum atomic E-state index is -0.501. The van der Waals surface area contributed by atoms with Crippen molar-refractivity contribution < 1.29 is 18.7 Å². The minimum Gasteiger partial charge on any atom is -0.497 e. The molecule has 1 aliphatic heterocycles. The van der Waals surface area contributed by atoms with E-state index >= 15 is 0 Å². The molecule has 31 heavy (non-hydrogen) atoms. The summed E-state index contributed by atoms with van der Waals surface area (Å²) in [6.07, 6.45) is 0.107. The molecule has 2 heterocycles. The summed E-state index contributed by atoms with van der Waals surface area (Å²) in [5, 5.41) is 2.99. The van der Waals surface area contributed by atoms with Gasteiger partial charge in [0.05, 0.1) is 24.4 Å². The van der Waals surface area contributed by atoms with Gasteiger partial charge in [-0.15, -0.1) is 0 Å². The summed E-state index contributed by atoms with van der Waals surface area (Å²) in [6.45, 7) is 4.24. The number of benzene rings is 2. The van der Waals surface area contributed by atoms with E-state index in [9.17, 15) is 14.0 Å². The van der Waals surface area contributed by atoms with E-state index < -0.39 is 5.92 Å². The lowest BCUT2D eigenvalue weighted by molar-refractivity contribution is -0.122. The Labute approximate surface area is 180 Å². The average Bonchev–Trinajstić information content (AvgIpc) is 3.31. The molecule has 4 rings (SSSR count). The zero-order valence-corrected chi connectivity index (χ0v) is 17.7. The van der Waals surface area contributed by atoms with Crippen LogP contribution in [0.5, 0.6) is 5.75 Å². The molecule has 6 nitrogen and oxygen atoms in total. The molecule has 7 heteroatoms. The SMILES string of the molecule is COc1ccc(NC(=O)[C@@H]2CC(=O)N(c3ccc(F)cc3)C2)c(-n2c(C)ccc2C)c1. The third kappa shape index (κ3) is 4.03. The van der Waals surface area contributed by atoms with Gasteiger partial charge in [-0.05, 0) is 62.4 Å². The van der Waals surface area contributed by atoms with E-state index in [4.69, 9.17) is 4.74 Å². The summed E-state index contributed by atoms with van der Waals surface area (Å²) in [6, 6.07) is 15.2. The highest BCUT2D eigenvalue weighted by atomic mass is 19.1. The first-order valence-electron chi connectivity index (χ1n) is 10.1. The molecule has 1 aliphatic rings. The number of anilines is 2. The maximum absolute atomic E-state index is 13.2. The monoisotopic (exact) mass is 421 g/mol. The predicted octanol–water partition coefficient (Wildman–Crippen LogP) is 4.23. The summed E-state index contributed by atoms with van der Waals surface area (Å²) in [5.41, 5.74) is 4.08. The number of methoxy groups -OCH3 is 1. The van der Waals surface area contributed by atoms with E-state index in [1.54, 1.807) is 31.4 Å². The van der Waals surface area contributed by atoms with Gasteiger partial charge in [-0.3, -0.25) is 9.59 Å². The molecule has 0 bridgehead atoms. The Kier molecular flexibility index (Phi) is 5.50. The third-order valence-electron chi connectivity index (χ3n) is 5.61. The molecule has 1 fully saturated rings. The largest absolute Gasteiger partial charge is 0.497 e. The highest BCUT2D eigenvalue weighted by Crippen LogP contribution is 2.31. The smallest absolute Gasteiger partial charge is 0.229 e. The van der Waals surface area contributed by atoms with Gasteiger partial charge in [-0.1, -0.05) is 0 Å². The summed E-state index contributed by atoms with van der Waals surface area (Å²) in [7, 11) is 1.60. The molecule has 0 radical (unpaired) electrons. The maximum atomic E-state index is 13.2. The number of nitrogens with zero attached hydrogens (tertiary/aromatic N) is 2. The quantitative estimate of drug-likeness (QED) is 0.671. The molecule has 1 saturated heterocycles. The van der Waals surface area contributed by atoms with E-state index in [0.29, 0.717) is 17.1 Å². The van der Waals surface area contributed by atoms with E-state index in [0.717, 1.165) is 17.1 Å². The second-order valence-electron chi connectivity index (χ2n) is 7.71. The molecule has 3 aromatic rings. The lowest BCUT2D eigenvalue weighted by atomic mass is 10.1. The summed E-state index contributed by atoms with van der Waals surface area (Å²) in [4.78, 5) is 27.1. The van der Waals surface area contributed by atoms with Gasteiger partial charge in [0.25, 0.3) is 0 Å². The van der Waals surface area contributed by atoms with Crippen molar-refractivity contribution in [1.29, 1.82) is 0 Å². The van der Waals surface area contributed by atoms with Crippen molar-refractivity contribution in [1.82, 2.24) is 4.57 Å². The van der Waals surface area contributed by atoms with Crippen LogP contribution in [0.3, 0.4) is 0 Å². The average molecular weight is 421 g/mol. The molecule has 0 spiro atoms. The Morgan fingerprint density at radius 2 is 1.74 bits per heavy atom. The molecule has 1 N–H and O–H groups in total. The number of hydrogen-bond acceptors (Lipinski definition) is 3. The van der Waals surface area contributed by atoms with E-state index in [1.165, 1.54) is 17.0 Å². The Hall–Kier alpha value is -3.61. The lowest BCUT2D eigenvalue weighted by Crippen LogP contribution is -2.28. The first-order chi connectivity index (χ1) is 14.9. The van der Waals surface area contributed by atoms with E-state index in [1.807, 2.05) is 36.6 Å². The van der Waals surface area contributed by atoms with Gasteiger partial charge in [0.1, 0.15) is 11.6 Å². The van der Waals surface area contributed by atoms with Crippen LogP contribution in [-0.2, 0) is 9.59 Å². The number of carbonyl (C=O) groups is 2. The van der Waals surface area contributed by atoms with Crippen LogP contribution in [-0.4, -0.2) is 30.0 Å². The lowest BCUT2D eigenvalue weighted by Gasteiger charge is -2.19. The Morgan fingerprint density at radius 1 is 1.06 bits per heavy atom. The van der Waals surface area contributed by atoms with Gasteiger partial charge >= 0.3 is 0 Å². The second kappa shape index (κ2) is 8.26. The van der Waals surface area contributed by atoms with Crippen molar-refractivity contribution in [3.63, 3.8) is 0 Å². The number of aromatic nitrogens is 1. The Bertz CT molecular complexity index is 1120. The number of rotatable bonds is 5. The van der Waals surface area contributed by atoms with Gasteiger partial charge in [0.15, 0.2) is 0 Å². The molecule has 0 aliphatic carbocycles. The van der Waals surface area contributed by atoms with Crippen LogP contribution in [0.4, 0.5) is 15.8 Å². The van der Waals surface area contributed by atoms with Crippen LogP contribution in [0, 0.1) is 25.6 Å². The topological polar surface area (TPSA) is 63.6 Å². The maximum Gasteiger partial charge on any atom is 0.229 e. The molecule has 1 atom stereocenters. The van der Waals surface area contributed by atoms with E-state index in [-0.39, 0.29) is 30.6 Å². The van der Waals surface area contributed by atoms with Gasteiger partial charge in [0, 0.05) is 36.1 Å². The fraction of sp³-hybridized carbons (Fsp3) is 0.250. The number of hydrogen-bond donors (Lipinski definition) is 1. The zero-order chi connectivity index (χ0) is 22.1. The van der Waals surface area contributed by atoms with E-state index in [2.05, 4.69) is 5.32 Å². The minimum absolute atomic E-state index is 0.107. The van der Waals surface area contributed by atoms with Crippen molar-refractivity contribution in [2.24, 2.45) is 5.92 Å². The molecule has 2 amide bonds. The predicted molar refractivity (Wildman–Crippen MR) is 117 cm³/mol. The highest BCUT2D eigenvalue weighted by Gasteiger charge is 2.35. The first kappa shape index (κ1) is 20.7. The van der Waals surface area contributed by atoms with Crippen LogP contribution in [0.1, 0.15) is 17.8 Å². The molecule has 160 valence electrons. The summed E-state index contributed by atoms with van der Waals surface area (Å²) >= 11 is 0. The highest BCUT2D eigenvalue weighted by molar-refractivity contribution is 6.04. The molecule has 0 unspecified atom stereocenters. The van der Waals surface area contributed by atoms with Crippen molar-refractivity contribution in [3.8, 4) is 11.4 Å². The van der Waals surface area contributed by atoms with Gasteiger partial charge in [-0.2, -0.15) is 0 Å². The number of halogens is 1.